The first-order chi connectivity index (χ1) is 9.24. The molecule has 96 valence electrons. The zero-order chi connectivity index (χ0) is 13.2. The number of aryl methyl sites for hydroxylation is 1. The number of nitrogens with zero attached hydrogens (tertiary/aromatic N) is 1. The maximum atomic E-state index is 4.69. The number of fused-ring (bicyclic) bond motifs is 1. The Hall–Kier alpha value is -1.74. The van der Waals surface area contributed by atoms with E-state index in [4.69, 9.17) is 0 Å². The zero-order valence-electron chi connectivity index (χ0n) is 11.1. The highest BCUT2D eigenvalue weighted by Crippen LogP contribution is 2.34. The van der Waals surface area contributed by atoms with Gasteiger partial charge in [-0.3, -0.25) is 0 Å². The van der Waals surface area contributed by atoms with Crippen molar-refractivity contribution in [3.8, 4) is 0 Å². The molecule has 3 aromatic rings. The van der Waals surface area contributed by atoms with Gasteiger partial charge in [-0.2, -0.15) is 0 Å². The minimum atomic E-state index is 0.391. The van der Waals surface area contributed by atoms with E-state index in [1.165, 1.54) is 11.1 Å². The molecule has 1 atom stereocenters. The van der Waals surface area contributed by atoms with Gasteiger partial charge in [0.15, 0.2) is 5.16 Å². The van der Waals surface area contributed by atoms with Crippen LogP contribution in [0.1, 0.15) is 23.3 Å². The number of para-hydroxylation sites is 1. The van der Waals surface area contributed by atoms with Gasteiger partial charge in [-0.05, 0) is 31.0 Å². The number of aromatic amines is 1. The predicted molar refractivity (Wildman–Crippen MR) is 81.5 cm³/mol. The average molecular weight is 268 g/mol. The van der Waals surface area contributed by atoms with E-state index in [-0.39, 0.29) is 0 Å². The lowest BCUT2D eigenvalue weighted by Gasteiger charge is -2.08. The Balaban J connectivity index is 1.88. The molecule has 3 heteroatoms. The summed E-state index contributed by atoms with van der Waals surface area (Å²) in [5.74, 6) is 0. The smallest absolute Gasteiger partial charge is 0.166 e. The van der Waals surface area contributed by atoms with Gasteiger partial charge in [-0.15, -0.1) is 0 Å². The molecule has 1 heterocycles. The van der Waals surface area contributed by atoms with Crippen molar-refractivity contribution in [3.63, 3.8) is 0 Å². The van der Waals surface area contributed by atoms with Crippen LogP contribution in [-0.2, 0) is 0 Å². The number of aromatic nitrogens is 2. The standard InChI is InChI=1S/C16H16N2S/c1-11-7-6-10-14-15(11)18-16(17-14)19-12(2)13-8-4-3-5-9-13/h3-10,12H,1-2H3,(H,17,18)/t12-/m0/s1. The van der Waals surface area contributed by atoms with Gasteiger partial charge in [0, 0.05) is 5.25 Å². The van der Waals surface area contributed by atoms with Crippen LogP contribution in [0.3, 0.4) is 0 Å². The summed E-state index contributed by atoms with van der Waals surface area (Å²) >= 11 is 1.76. The van der Waals surface area contributed by atoms with Crippen LogP contribution in [0.25, 0.3) is 11.0 Å². The summed E-state index contributed by atoms with van der Waals surface area (Å²) in [5, 5.41) is 1.38. The molecule has 0 radical (unpaired) electrons. The molecule has 0 saturated carbocycles. The van der Waals surface area contributed by atoms with E-state index in [1.54, 1.807) is 11.8 Å². The fourth-order valence-corrected chi connectivity index (χ4v) is 3.11. The molecule has 0 saturated heterocycles. The number of H-pyrrole nitrogens is 1. The predicted octanol–water partition coefficient (Wildman–Crippen LogP) is 4.72. The van der Waals surface area contributed by atoms with Gasteiger partial charge in [-0.1, -0.05) is 54.2 Å². The van der Waals surface area contributed by atoms with Crippen molar-refractivity contribution in [2.75, 3.05) is 0 Å². The minimum absolute atomic E-state index is 0.391. The minimum Gasteiger partial charge on any atom is -0.333 e. The quantitative estimate of drug-likeness (QED) is 0.696. The second-order valence-corrected chi connectivity index (χ2v) is 6.01. The number of thioether (sulfide) groups is 1. The van der Waals surface area contributed by atoms with Gasteiger partial charge in [0.2, 0.25) is 0 Å². The first-order valence-electron chi connectivity index (χ1n) is 6.41. The highest BCUT2D eigenvalue weighted by Gasteiger charge is 2.11. The van der Waals surface area contributed by atoms with Crippen molar-refractivity contribution in [3.05, 3.63) is 59.7 Å². The topological polar surface area (TPSA) is 28.7 Å². The Morgan fingerprint density at radius 1 is 1.05 bits per heavy atom. The number of nitrogens with one attached hydrogen (secondary N) is 1. The van der Waals surface area contributed by atoms with Crippen molar-refractivity contribution < 1.29 is 0 Å². The zero-order valence-corrected chi connectivity index (χ0v) is 11.9. The molecule has 19 heavy (non-hydrogen) atoms. The number of imidazole rings is 1. The molecular formula is C16H16N2S. The van der Waals surface area contributed by atoms with Crippen LogP contribution in [0.2, 0.25) is 0 Å². The molecule has 0 unspecified atom stereocenters. The highest BCUT2D eigenvalue weighted by atomic mass is 32.2. The molecule has 0 fully saturated rings. The summed E-state index contributed by atoms with van der Waals surface area (Å²) in [5.41, 5.74) is 4.73. The molecule has 0 aliphatic rings. The molecular weight excluding hydrogens is 252 g/mol. The monoisotopic (exact) mass is 268 g/mol. The number of benzene rings is 2. The van der Waals surface area contributed by atoms with E-state index >= 15 is 0 Å². The SMILES string of the molecule is Cc1cccc2[nH]c(S[C@@H](C)c3ccccc3)nc12. The van der Waals surface area contributed by atoms with Crippen molar-refractivity contribution in [2.45, 2.75) is 24.3 Å². The number of hydrogen-bond donors (Lipinski definition) is 1. The third kappa shape index (κ3) is 2.51. The lowest BCUT2D eigenvalue weighted by Crippen LogP contribution is -1.88. The van der Waals surface area contributed by atoms with Crippen molar-refractivity contribution in [2.24, 2.45) is 0 Å². The molecule has 1 aromatic heterocycles. The summed E-state index contributed by atoms with van der Waals surface area (Å²) in [6, 6.07) is 16.8. The van der Waals surface area contributed by atoms with Gasteiger partial charge in [-0.25, -0.2) is 4.98 Å². The van der Waals surface area contributed by atoms with Crippen LogP contribution in [-0.4, -0.2) is 9.97 Å². The number of hydrogen-bond acceptors (Lipinski definition) is 2. The molecule has 0 spiro atoms. The Labute approximate surface area is 117 Å². The lowest BCUT2D eigenvalue weighted by atomic mass is 10.2. The first kappa shape index (κ1) is 12.3. The molecule has 2 nitrogen and oxygen atoms in total. The van der Waals surface area contributed by atoms with Crippen molar-refractivity contribution >= 4 is 22.8 Å². The highest BCUT2D eigenvalue weighted by molar-refractivity contribution is 7.99. The van der Waals surface area contributed by atoms with E-state index in [1.807, 2.05) is 6.07 Å². The third-order valence-corrected chi connectivity index (χ3v) is 4.29. The summed E-state index contributed by atoms with van der Waals surface area (Å²) in [7, 11) is 0. The molecule has 0 bridgehead atoms. The molecule has 1 N–H and O–H groups in total. The number of rotatable bonds is 3. The molecule has 2 aromatic carbocycles. The summed E-state index contributed by atoms with van der Waals surface area (Å²) in [6.45, 7) is 4.30. The van der Waals surface area contributed by atoms with Gasteiger partial charge < -0.3 is 4.98 Å². The fourth-order valence-electron chi connectivity index (χ4n) is 2.17. The van der Waals surface area contributed by atoms with E-state index in [2.05, 4.69) is 66.3 Å². The van der Waals surface area contributed by atoms with E-state index in [0.29, 0.717) is 5.25 Å². The van der Waals surface area contributed by atoms with Crippen LogP contribution in [0, 0.1) is 6.92 Å². The molecule has 0 amide bonds. The lowest BCUT2D eigenvalue weighted by molar-refractivity contribution is 1.03. The summed E-state index contributed by atoms with van der Waals surface area (Å²) < 4.78 is 0. The van der Waals surface area contributed by atoms with Crippen LogP contribution >= 0.6 is 11.8 Å². The summed E-state index contributed by atoms with van der Waals surface area (Å²) in [6.07, 6.45) is 0. The Morgan fingerprint density at radius 3 is 2.58 bits per heavy atom. The van der Waals surface area contributed by atoms with Crippen molar-refractivity contribution in [1.29, 1.82) is 0 Å². The van der Waals surface area contributed by atoms with Crippen molar-refractivity contribution in [1.82, 2.24) is 9.97 Å². The second kappa shape index (κ2) is 5.10. The van der Waals surface area contributed by atoms with Gasteiger partial charge in [0.05, 0.1) is 11.0 Å². The maximum absolute atomic E-state index is 4.69. The van der Waals surface area contributed by atoms with E-state index in [0.717, 1.165) is 16.2 Å². The Morgan fingerprint density at radius 2 is 1.84 bits per heavy atom. The largest absolute Gasteiger partial charge is 0.333 e. The van der Waals surface area contributed by atoms with Gasteiger partial charge in [0.25, 0.3) is 0 Å². The third-order valence-electron chi connectivity index (χ3n) is 3.25. The first-order valence-corrected chi connectivity index (χ1v) is 7.29. The maximum Gasteiger partial charge on any atom is 0.166 e. The average Bonchev–Trinajstić information content (AvgIpc) is 2.84. The second-order valence-electron chi connectivity index (χ2n) is 4.68. The van der Waals surface area contributed by atoms with E-state index < -0.39 is 0 Å². The van der Waals surface area contributed by atoms with Crippen LogP contribution in [0.15, 0.2) is 53.7 Å². The Kier molecular flexibility index (Phi) is 3.30. The molecule has 0 aliphatic heterocycles. The van der Waals surface area contributed by atoms with Gasteiger partial charge >= 0.3 is 0 Å². The van der Waals surface area contributed by atoms with Crippen LogP contribution in [0.4, 0.5) is 0 Å². The van der Waals surface area contributed by atoms with Gasteiger partial charge in [0.1, 0.15) is 0 Å². The Bertz CT molecular complexity index is 688. The normalized spacial score (nSPS) is 12.7. The van der Waals surface area contributed by atoms with Crippen LogP contribution < -0.4 is 0 Å². The van der Waals surface area contributed by atoms with E-state index in [9.17, 15) is 0 Å². The molecule has 3 rings (SSSR count). The molecule has 0 aliphatic carbocycles. The fraction of sp³-hybridized carbons (Fsp3) is 0.188. The van der Waals surface area contributed by atoms with Crippen LogP contribution in [0.5, 0.6) is 0 Å². The summed E-state index contributed by atoms with van der Waals surface area (Å²) in [4.78, 5) is 8.07.